The Bertz CT molecular complexity index is 932. The molecule has 1 aliphatic heterocycles. The lowest BCUT2D eigenvalue weighted by molar-refractivity contribution is -0.155. The molecule has 0 N–H and O–H groups in total. The number of aryl methyl sites for hydroxylation is 1. The summed E-state index contributed by atoms with van der Waals surface area (Å²) < 4.78 is 10.4. The van der Waals surface area contributed by atoms with E-state index in [0.29, 0.717) is 35.3 Å². The maximum absolute atomic E-state index is 11.9. The van der Waals surface area contributed by atoms with Crippen LogP contribution in [-0.4, -0.2) is 47.4 Å². The second-order valence-corrected chi connectivity index (χ2v) is 6.82. The number of benzene rings is 1. The van der Waals surface area contributed by atoms with Crippen LogP contribution >= 0.6 is 23.2 Å². The molecule has 27 heavy (non-hydrogen) atoms. The largest absolute Gasteiger partial charge is 0.478 e. The molecular weight excluding hydrogens is 395 g/mol. The third-order valence-electron chi connectivity index (χ3n) is 4.04. The number of halogens is 2. The molecule has 0 spiro atoms. The van der Waals surface area contributed by atoms with Crippen LogP contribution in [0.3, 0.4) is 0 Å². The van der Waals surface area contributed by atoms with Crippen molar-refractivity contribution in [2.45, 2.75) is 19.8 Å². The van der Waals surface area contributed by atoms with Crippen LogP contribution in [0, 0.1) is 6.92 Å². The normalized spacial score (nSPS) is 13.9. The molecule has 2 aromatic rings. The predicted octanol–water partition coefficient (Wildman–Crippen LogP) is 2.92. The van der Waals surface area contributed by atoms with Gasteiger partial charge >= 0.3 is 5.97 Å². The zero-order chi connectivity index (χ0) is 19.6. The number of hydrogen-bond acceptors (Lipinski definition) is 6. The van der Waals surface area contributed by atoms with Crippen molar-refractivity contribution in [3.8, 4) is 5.75 Å². The molecule has 0 radical (unpaired) electrons. The van der Waals surface area contributed by atoms with Crippen LogP contribution in [0.15, 0.2) is 18.2 Å². The molecular formula is C18H16Cl2N2O5. The Hall–Kier alpha value is -2.38. The van der Waals surface area contributed by atoms with Crippen molar-refractivity contribution in [3.63, 3.8) is 0 Å². The molecule has 1 fully saturated rings. The van der Waals surface area contributed by atoms with Crippen LogP contribution in [0.2, 0.25) is 10.0 Å². The molecule has 0 bridgehead atoms. The lowest BCUT2D eigenvalue weighted by atomic mass is 10.2. The molecule has 3 rings (SSSR count). The smallest absolute Gasteiger partial charge is 0.344 e. The van der Waals surface area contributed by atoms with Gasteiger partial charge in [0.1, 0.15) is 5.52 Å². The lowest BCUT2D eigenvalue weighted by Gasteiger charge is -2.14. The summed E-state index contributed by atoms with van der Waals surface area (Å²) in [6.07, 6.45) is 0.952. The van der Waals surface area contributed by atoms with Gasteiger partial charge in [-0.3, -0.25) is 14.5 Å². The first kappa shape index (κ1) is 19.4. The third-order valence-corrected chi connectivity index (χ3v) is 4.64. The molecule has 7 nitrogen and oxygen atoms in total. The number of ether oxygens (including phenoxy) is 2. The highest BCUT2D eigenvalue weighted by molar-refractivity contribution is 6.39. The van der Waals surface area contributed by atoms with E-state index < -0.39 is 25.1 Å². The van der Waals surface area contributed by atoms with Gasteiger partial charge in [-0.05, 0) is 31.5 Å². The van der Waals surface area contributed by atoms with Crippen LogP contribution in [0.1, 0.15) is 18.5 Å². The molecule has 142 valence electrons. The molecule has 1 aliphatic rings. The maximum atomic E-state index is 11.9. The molecule has 2 amide bonds. The average Bonchev–Trinajstić information content (AvgIpc) is 3.05. The van der Waals surface area contributed by atoms with E-state index in [4.69, 9.17) is 32.7 Å². The van der Waals surface area contributed by atoms with E-state index in [0.717, 1.165) is 10.6 Å². The van der Waals surface area contributed by atoms with Gasteiger partial charge in [0.05, 0.1) is 10.0 Å². The van der Waals surface area contributed by atoms with Crippen molar-refractivity contribution in [3.05, 3.63) is 33.9 Å². The summed E-state index contributed by atoms with van der Waals surface area (Å²) in [7, 11) is 0. The first-order chi connectivity index (χ1) is 12.9. The van der Waals surface area contributed by atoms with Crippen LogP contribution in [0.4, 0.5) is 0 Å². The number of likely N-dealkylation sites (tertiary alicyclic amines) is 1. The van der Waals surface area contributed by atoms with E-state index in [1.54, 1.807) is 19.1 Å². The van der Waals surface area contributed by atoms with E-state index >= 15 is 0 Å². The number of fused-ring (bicyclic) bond motifs is 1. The first-order valence-corrected chi connectivity index (χ1v) is 8.99. The first-order valence-electron chi connectivity index (χ1n) is 8.24. The number of hydrogen-bond donors (Lipinski definition) is 0. The zero-order valence-electron chi connectivity index (χ0n) is 14.5. The SMILES string of the molecule is Cc1ccc2c(Cl)cc(Cl)c(OCC(=O)OCC(=O)N3CCCC3=O)c2n1. The second kappa shape index (κ2) is 8.10. The zero-order valence-corrected chi connectivity index (χ0v) is 16.0. The minimum atomic E-state index is -0.762. The van der Waals surface area contributed by atoms with Gasteiger partial charge in [-0.2, -0.15) is 0 Å². The van der Waals surface area contributed by atoms with Crippen LogP contribution in [-0.2, 0) is 19.1 Å². The van der Waals surface area contributed by atoms with Gasteiger partial charge in [0, 0.05) is 24.0 Å². The Morgan fingerprint density at radius 1 is 1.22 bits per heavy atom. The van der Waals surface area contributed by atoms with Crippen LogP contribution in [0.25, 0.3) is 10.9 Å². The van der Waals surface area contributed by atoms with Crippen molar-refractivity contribution in [1.82, 2.24) is 9.88 Å². The average molecular weight is 411 g/mol. The van der Waals surface area contributed by atoms with Crippen molar-refractivity contribution in [1.29, 1.82) is 0 Å². The molecule has 2 heterocycles. The van der Waals surface area contributed by atoms with E-state index in [1.165, 1.54) is 6.07 Å². The van der Waals surface area contributed by atoms with Crippen molar-refractivity contribution in [2.75, 3.05) is 19.8 Å². The molecule has 1 aromatic heterocycles. The molecule has 9 heteroatoms. The second-order valence-electron chi connectivity index (χ2n) is 6.01. The van der Waals surface area contributed by atoms with E-state index in [2.05, 4.69) is 4.98 Å². The fourth-order valence-electron chi connectivity index (χ4n) is 2.73. The van der Waals surface area contributed by atoms with Gasteiger partial charge in [0.15, 0.2) is 19.0 Å². The Morgan fingerprint density at radius 2 is 2.00 bits per heavy atom. The molecule has 0 unspecified atom stereocenters. The number of carbonyl (C=O) groups is 3. The molecule has 0 aliphatic carbocycles. The fraction of sp³-hybridized carbons (Fsp3) is 0.333. The van der Waals surface area contributed by atoms with E-state index in [1.807, 2.05) is 0 Å². The number of rotatable bonds is 5. The van der Waals surface area contributed by atoms with Gasteiger partial charge < -0.3 is 9.47 Å². The lowest BCUT2D eigenvalue weighted by Crippen LogP contribution is -2.35. The third kappa shape index (κ3) is 4.31. The minimum absolute atomic E-state index is 0.206. The Balaban J connectivity index is 1.64. The van der Waals surface area contributed by atoms with Crippen molar-refractivity contribution < 1.29 is 23.9 Å². The van der Waals surface area contributed by atoms with Gasteiger partial charge in [-0.15, -0.1) is 0 Å². The number of nitrogens with zero attached hydrogens (tertiary/aromatic N) is 2. The highest BCUT2D eigenvalue weighted by Gasteiger charge is 2.27. The molecule has 0 saturated carbocycles. The Morgan fingerprint density at radius 3 is 2.70 bits per heavy atom. The number of esters is 1. The Labute approximate surface area is 165 Å². The summed E-state index contributed by atoms with van der Waals surface area (Å²) >= 11 is 12.3. The standard InChI is InChI=1S/C18H16Cl2N2O5/c1-10-4-5-11-12(19)7-13(20)18(17(11)21-10)27-9-16(25)26-8-15(24)22-6-2-3-14(22)23/h4-5,7H,2-3,6,8-9H2,1H3. The van der Waals surface area contributed by atoms with Crippen LogP contribution < -0.4 is 4.74 Å². The van der Waals surface area contributed by atoms with Crippen molar-refractivity contribution in [2.24, 2.45) is 0 Å². The number of aromatic nitrogens is 1. The van der Waals surface area contributed by atoms with Gasteiger partial charge in [-0.1, -0.05) is 23.2 Å². The topological polar surface area (TPSA) is 85.8 Å². The maximum Gasteiger partial charge on any atom is 0.344 e. The van der Waals surface area contributed by atoms with E-state index in [9.17, 15) is 14.4 Å². The summed E-state index contributed by atoms with van der Waals surface area (Å²) in [5, 5.41) is 1.26. The highest BCUT2D eigenvalue weighted by Crippen LogP contribution is 2.37. The van der Waals surface area contributed by atoms with Gasteiger partial charge in [-0.25, -0.2) is 9.78 Å². The number of imide groups is 1. The minimum Gasteiger partial charge on any atom is -0.478 e. The highest BCUT2D eigenvalue weighted by atomic mass is 35.5. The number of pyridine rings is 1. The molecule has 1 aromatic carbocycles. The number of amides is 2. The van der Waals surface area contributed by atoms with Gasteiger partial charge in [0.2, 0.25) is 5.91 Å². The summed E-state index contributed by atoms with van der Waals surface area (Å²) in [6.45, 7) is 1.17. The predicted molar refractivity (Wildman–Crippen MR) is 98.9 cm³/mol. The summed E-state index contributed by atoms with van der Waals surface area (Å²) in [4.78, 5) is 40.7. The Kier molecular flexibility index (Phi) is 5.82. The summed E-state index contributed by atoms with van der Waals surface area (Å²) in [5.41, 5.74) is 1.16. The van der Waals surface area contributed by atoms with E-state index in [-0.39, 0.29) is 16.7 Å². The van der Waals surface area contributed by atoms with Gasteiger partial charge in [0.25, 0.3) is 5.91 Å². The molecule has 1 saturated heterocycles. The monoisotopic (exact) mass is 410 g/mol. The quantitative estimate of drug-likeness (QED) is 0.704. The number of carbonyl (C=O) groups excluding carboxylic acids is 3. The summed E-state index contributed by atoms with van der Waals surface area (Å²) in [6, 6.07) is 5.09. The van der Waals surface area contributed by atoms with Crippen molar-refractivity contribution >= 4 is 51.9 Å². The van der Waals surface area contributed by atoms with Crippen LogP contribution in [0.5, 0.6) is 5.75 Å². The summed E-state index contributed by atoms with van der Waals surface area (Å²) in [5.74, 6) is -1.36. The molecule has 0 atom stereocenters. The fourth-order valence-corrected chi connectivity index (χ4v) is 3.30.